The van der Waals surface area contributed by atoms with E-state index in [1.807, 2.05) is 26.0 Å². The number of hydrogen-bond donors (Lipinski definition) is 1. The van der Waals surface area contributed by atoms with E-state index in [0.717, 1.165) is 17.9 Å². The fourth-order valence-electron chi connectivity index (χ4n) is 2.10. The normalized spacial score (nSPS) is 13.9. The van der Waals surface area contributed by atoms with Crippen molar-refractivity contribution >= 4 is 5.91 Å². The monoisotopic (exact) mass is 290 g/mol. The molecule has 2 atom stereocenters. The molecule has 0 spiro atoms. The molecular formula is C16H22N2O3. The van der Waals surface area contributed by atoms with Gasteiger partial charge in [-0.1, -0.05) is 20.3 Å². The van der Waals surface area contributed by atoms with E-state index in [-0.39, 0.29) is 11.8 Å². The summed E-state index contributed by atoms with van der Waals surface area (Å²) in [5.41, 5.74) is 6.08. The Morgan fingerprint density at radius 2 is 1.71 bits per heavy atom. The van der Waals surface area contributed by atoms with Gasteiger partial charge in [-0.15, -0.1) is 0 Å². The van der Waals surface area contributed by atoms with Gasteiger partial charge in [0.2, 0.25) is 5.91 Å². The predicted molar refractivity (Wildman–Crippen MR) is 79.1 cm³/mol. The van der Waals surface area contributed by atoms with Crippen LogP contribution in [-0.4, -0.2) is 16.8 Å². The highest BCUT2D eigenvalue weighted by Crippen LogP contribution is 2.15. The van der Waals surface area contributed by atoms with E-state index < -0.39 is 6.04 Å². The van der Waals surface area contributed by atoms with E-state index >= 15 is 0 Å². The molecule has 2 rings (SSSR count). The quantitative estimate of drug-likeness (QED) is 0.851. The molecule has 0 saturated heterocycles. The maximum absolute atomic E-state index is 12.6. The number of nitrogens with zero attached hydrogens (tertiary/aromatic N) is 1. The van der Waals surface area contributed by atoms with Crippen LogP contribution in [0.3, 0.4) is 0 Å². The molecule has 0 fully saturated rings. The molecule has 2 heterocycles. The van der Waals surface area contributed by atoms with Gasteiger partial charge >= 0.3 is 0 Å². The Labute approximate surface area is 124 Å². The Bertz CT molecular complexity index is 498. The second kappa shape index (κ2) is 7.13. The minimum absolute atomic E-state index is 0.0860. The molecule has 1 amide bonds. The highest BCUT2D eigenvalue weighted by atomic mass is 16.3. The van der Waals surface area contributed by atoms with Crippen LogP contribution in [0.5, 0.6) is 0 Å². The van der Waals surface area contributed by atoms with Gasteiger partial charge in [0, 0.05) is 0 Å². The molecule has 0 aliphatic carbocycles. The van der Waals surface area contributed by atoms with Crippen LogP contribution in [0.15, 0.2) is 45.6 Å². The number of furan rings is 2. The Hall–Kier alpha value is -2.01. The number of carbonyl (C=O) groups excluding carboxylic acids is 1. The van der Waals surface area contributed by atoms with Crippen molar-refractivity contribution in [2.45, 2.75) is 39.4 Å². The van der Waals surface area contributed by atoms with Gasteiger partial charge in [-0.05, 0) is 30.2 Å². The van der Waals surface area contributed by atoms with Gasteiger partial charge in [-0.3, -0.25) is 4.79 Å². The molecular weight excluding hydrogens is 268 g/mol. The summed E-state index contributed by atoms with van der Waals surface area (Å²) in [4.78, 5) is 14.3. The molecule has 0 bridgehead atoms. The third-order valence-electron chi connectivity index (χ3n) is 3.71. The molecule has 0 unspecified atom stereocenters. The number of nitrogens with two attached hydrogens (primary N) is 1. The first-order valence-electron chi connectivity index (χ1n) is 7.21. The summed E-state index contributed by atoms with van der Waals surface area (Å²) in [5.74, 6) is 1.50. The first-order chi connectivity index (χ1) is 10.1. The molecule has 2 aromatic heterocycles. The standard InChI is InChI=1S/C16H22N2O3/c1-3-12(2)15(17)16(19)18(10-13-6-4-8-20-13)11-14-7-5-9-21-14/h4-9,12,15H,3,10-11,17H2,1-2H3/t12-,15-/m0/s1. The van der Waals surface area contributed by atoms with Crippen molar-refractivity contribution < 1.29 is 13.6 Å². The van der Waals surface area contributed by atoms with Crippen LogP contribution in [0.1, 0.15) is 31.8 Å². The van der Waals surface area contributed by atoms with Crippen LogP contribution in [0.25, 0.3) is 0 Å². The van der Waals surface area contributed by atoms with Gasteiger partial charge in [0.15, 0.2) is 0 Å². The molecule has 0 aliphatic rings. The average Bonchev–Trinajstić information content (AvgIpc) is 3.17. The third-order valence-corrected chi connectivity index (χ3v) is 3.71. The number of rotatable bonds is 7. The molecule has 114 valence electrons. The molecule has 0 saturated carbocycles. The summed E-state index contributed by atoms with van der Waals surface area (Å²) >= 11 is 0. The third kappa shape index (κ3) is 3.98. The Morgan fingerprint density at radius 3 is 2.10 bits per heavy atom. The zero-order valence-electron chi connectivity index (χ0n) is 12.5. The van der Waals surface area contributed by atoms with E-state index in [1.54, 1.807) is 29.6 Å². The molecule has 5 heteroatoms. The highest BCUT2D eigenvalue weighted by molar-refractivity contribution is 5.81. The topological polar surface area (TPSA) is 72.6 Å². The summed E-state index contributed by atoms with van der Waals surface area (Å²) in [5, 5.41) is 0. The van der Waals surface area contributed by atoms with Crippen molar-refractivity contribution in [2.75, 3.05) is 0 Å². The molecule has 0 radical (unpaired) electrons. The lowest BCUT2D eigenvalue weighted by atomic mass is 9.99. The summed E-state index contributed by atoms with van der Waals surface area (Å²) < 4.78 is 10.7. The number of carbonyl (C=O) groups is 1. The van der Waals surface area contributed by atoms with Crippen molar-refractivity contribution in [2.24, 2.45) is 11.7 Å². The molecule has 2 N–H and O–H groups in total. The largest absolute Gasteiger partial charge is 0.467 e. The summed E-state index contributed by atoms with van der Waals surface area (Å²) in [6.07, 6.45) is 4.06. The van der Waals surface area contributed by atoms with Gasteiger partial charge in [0.05, 0.1) is 31.7 Å². The fourth-order valence-corrected chi connectivity index (χ4v) is 2.10. The van der Waals surface area contributed by atoms with Crippen LogP contribution < -0.4 is 5.73 Å². The van der Waals surface area contributed by atoms with Gasteiger partial charge in [-0.25, -0.2) is 0 Å². The molecule has 2 aromatic rings. The van der Waals surface area contributed by atoms with Gasteiger partial charge < -0.3 is 19.5 Å². The maximum Gasteiger partial charge on any atom is 0.240 e. The van der Waals surface area contributed by atoms with Crippen LogP contribution >= 0.6 is 0 Å². The summed E-state index contributed by atoms with van der Waals surface area (Å²) in [6, 6.07) is 6.78. The zero-order valence-corrected chi connectivity index (χ0v) is 12.5. The smallest absolute Gasteiger partial charge is 0.240 e. The lowest BCUT2D eigenvalue weighted by molar-refractivity contribution is -0.135. The number of amides is 1. The maximum atomic E-state index is 12.6. The number of hydrogen-bond acceptors (Lipinski definition) is 4. The van der Waals surface area contributed by atoms with Crippen molar-refractivity contribution in [3.8, 4) is 0 Å². The van der Waals surface area contributed by atoms with Crippen LogP contribution in [-0.2, 0) is 17.9 Å². The van der Waals surface area contributed by atoms with E-state index in [2.05, 4.69) is 0 Å². The fraction of sp³-hybridized carbons (Fsp3) is 0.438. The second-order valence-corrected chi connectivity index (χ2v) is 5.26. The Balaban J connectivity index is 2.12. The Kier molecular flexibility index (Phi) is 5.22. The predicted octanol–water partition coefficient (Wildman–Crippen LogP) is 2.77. The van der Waals surface area contributed by atoms with Crippen LogP contribution in [0.2, 0.25) is 0 Å². The van der Waals surface area contributed by atoms with Gasteiger partial charge in [0.25, 0.3) is 0 Å². The van der Waals surface area contributed by atoms with Crippen molar-refractivity contribution in [1.29, 1.82) is 0 Å². The van der Waals surface area contributed by atoms with Crippen LogP contribution in [0.4, 0.5) is 0 Å². The second-order valence-electron chi connectivity index (χ2n) is 5.26. The molecule has 0 aliphatic heterocycles. The van der Waals surface area contributed by atoms with Crippen molar-refractivity contribution in [3.63, 3.8) is 0 Å². The summed E-state index contributed by atoms with van der Waals surface area (Å²) in [6.45, 7) is 4.79. The highest BCUT2D eigenvalue weighted by Gasteiger charge is 2.26. The Morgan fingerprint density at radius 1 is 1.19 bits per heavy atom. The zero-order chi connectivity index (χ0) is 15.2. The van der Waals surface area contributed by atoms with Gasteiger partial charge in [0.1, 0.15) is 11.5 Å². The first-order valence-corrected chi connectivity index (χ1v) is 7.21. The summed E-state index contributed by atoms with van der Waals surface area (Å²) in [7, 11) is 0. The van der Waals surface area contributed by atoms with E-state index in [1.165, 1.54) is 0 Å². The van der Waals surface area contributed by atoms with Gasteiger partial charge in [-0.2, -0.15) is 0 Å². The molecule has 0 aromatic carbocycles. The minimum Gasteiger partial charge on any atom is -0.467 e. The lowest BCUT2D eigenvalue weighted by Gasteiger charge is -2.26. The minimum atomic E-state index is -0.514. The van der Waals surface area contributed by atoms with Crippen LogP contribution in [0, 0.1) is 5.92 Å². The van der Waals surface area contributed by atoms with Crippen molar-refractivity contribution in [1.82, 2.24) is 4.90 Å². The SMILES string of the molecule is CC[C@H](C)[C@H](N)C(=O)N(Cc1ccco1)Cc1ccco1. The molecule has 21 heavy (non-hydrogen) atoms. The van der Waals surface area contributed by atoms with E-state index in [9.17, 15) is 4.79 Å². The van der Waals surface area contributed by atoms with E-state index in [4.69, 9.17) is 14.6 Å². The first kappa shape index (κ1) is 15.4. The molecule has 5 nitrogen and oxygen atoms in total. The van der Waals surface area contributed by atoms with Crippen molar-refractivity contribution in [3.05, 3.63) is 48.3 Å². The lowest BCUT2D eigenvalue weighted by Crippen LogP contribution is -2.46. The van der Waals surface area contributed by atoms with E-state index in [0.29, 0.717) is 13.1 Å². The average molecular weight is 290 g/mol.